The van der Waals surface area contributed by atoms with Crippen LogP contribution in [0.1, 0.15) is 24.1 Å². The molecule has 27 heavy (non-hydrogen) atoms. The number of ether oxygens (including phenoxy) is 1. The highest BCUT2D eigenvalue weighted by Gasteiger charge is 2.24. The van der Waals surface area contributed by atoms with Gasteiger partial charge in [-0.25, -0.2) is 4.79 Å². The fourth-order valence-corrected chi connectivity index (χ4v) is 3.07. The number of rotatable bonds is 6. The Balaban J connectivity index is 1.78. The van der Waals surface area contributed by atoms with Crippen LogP contribution < -0.4 is 10.6 Å². The molecule has 0 fully saturated rings. The first-order valence-electron chi connectivity index (χ1n) is 8.83. The number of H-pyrrole nitrogens is 1. The number of amides is 2. The monoisotopic (exact) mass is 365 g/mol. The van der Waals surface area contributed by atoms with Gasteiger partial charge in [0.15, 0.2) is 0 Å². The lowest BCUT2D eigenvalue weighted by Gasteiger charge is -2.21. The summed E-state index contributed by atoms with van der Waals surface area (Å²) in [4.78, 5) is 27.8. The predicted molar refractivity (Wildman–Crippen MR) is 104 cm³/mol. The Morgan fingerprint density at radius 2 is 1.74 bits per heavy atom. The van der Waals surface area contributed by atoms with Crippen molar-refractivity contribution in [3.05, 3.63) is 71.9 Å². The van der Waals surface area contributed by atoms with Crippen LogP contribution in [0.2, 0.25) is 0 Å². The van der Waals surface area contributed by atoms with E-state index in [1.54, 1.807) is 0 Å². The Morgan fingerprint density at radius 3 is 2.48 bits per heavy atom. The van der Waals surface area contributed by atoms with Crippen LogP contribution in [0.25, 0.3) is 10.9 Å². The number of aromatic amines is 1. The van der Waals surface area contributed by atoms with Crippen LogP contribution >= 0.6 is 0 Å². The molecule has 0 aliphatic rings. The minimum atomic E-state index is -0.747. The van der Waals surface area contributed by atoms with Crippen LogP contribution in [0.15, 0.2) is 60.8 Å². The summed E-state index contributed by atoms with van der Waals surface area (Å²) in [5, 5.41) is 6.63. The van der Waals surface area contributed by atoms with Gasteiger partial charge in [-0.1, -0.05) is 48.5 Å². The minimum absolute atomic E-state index is 0.177. The molecule has 0 aliphatic carbocycles. The van der Waals surface area contributed by atoms with Crippen molar-refractivity contribution in [3.8, 4) is 0 Å². The molecule has 6 nitrogen and oxygen atoms in total. The SMILES string of the molecule is COC(=O)NC(Cc1c[nH]c2ccccc12)C(=O)NC(C)c1ccccc1. The molecule has 3 N–H and O–H groups in total. The minimum Gasteiger partial charge on any atom is -0.453 e. The van der Waals surface area contributed by atoms with Crippen LogP contribution in [0.5, 0.6) is 0 Å². The van der Waals surface area contributed by atoms with Crippen molar-refractivity contribution < 1.29 is 14.3 Å². The van der Waals surface area contributed by atoms with Crippen molar-refractivity contribution in [1.82, 2.24) is 15.6 Å². The van der Waals surface area contributed by atoms with Crippen LogP contribution in [0.3, 0.4) is 0 Å². The molecule has 0 spiro atoms. The van der Waals surface area contributed by atoms with E-state index in [4.69, 9.17) is 0 Å². The molecule has 3 rings (SSSR count). The Labute approximate surface area is 157 Å². The summed E-state index contributed by atoms with van der Waals surface area (Å²) >= 11 is 0. The van der Waals surface area contributed by atoms with Crippen molar-refractivity contribution >= 4 is 22.9 Å². The van der Waals surface area contributed by atoms with Crippen LogP contribution in [0.4, 0.5) is 4.79 Å². The van der Waals surface area contributed by atoms with Gasteiger partial charge in [0.25, 0.3) is 0 Å². The maximum Gasteiger partial charge on any atom is 0.407 e. The molecule has 2 atom stereocenters. The van der Waals surface area contributed by atoms with Crippen molar-refractivity contribution in [2.45, 2.75) is 25.4 Å². The lowest BCUT2D eigenvalue weighted by Crippen LogP contribution is -2.48. The first kappa shape index (κ1) is 18.5. The van der Waals surface area contributed by atoms with Crippen molar-refractivity contribution in [2.24, 2.45) is 0 Å². The molecule has 1 heterocycles. The second kappa shape index (κ2) is 8.40. The highest BCUT2D eigenvalue weighted by molar-refractivity contribution is 5.88. The summed E-state index contributed by atoms with van der Waals surface area (Å²) in [5.74, 6) is -0.262. The molecular formula is C21H23N3O3. The number of aromatic nitrogens is 1. The summed E-state index contributed by atoms with van der Waals surface area (Å²) in [6.45, 7) is 1.91. The van der Waals surface area contributed by atoms with E-state index in [1.807, 2.05) is 67.7 Å². The van der Waals surface area contributed by atoms with Gasteiger partial charge in [-0.15, -0.1) is 0 Å². The highest BCUT2D eigenvalue weighted by atomic mass is 16.5. The largest absolute Gasteiger partial charge is 0.453 e. The van der Waals surface area contributed by atoms with Gasteiger partial charge in [0.2, 0.25) is 5.91 Å². The van der Waals surface area contributed by atoms with Crippen molar-refractivity contribution in [1.29, 1.82) is 0 Å². The first-order valence-corrected chi connectivity index (χ1v) is 8.83. The van der Waals surface area contributed by atoms with E-state index in [0.717, 1.165) is 22.0 Å². The second-order valence-corrected chi connectivity index (χ2v) is 6.39. The molecule has 6 heteroatoms. The fourth-order valence-electron chi connectivity index (χ4n) is 3.07. The molecule has 0 bridgehead atoms. The van der Waals surface area contributed by atoms with E-state index >= 15 is 0 Å². The first-order chi connectivity index (χ1) is 13.1. The summed E-state index contributed by atoms with van der Waals surface area (Å²) in [6.07, 6.45) is 1.58. The fraction of sp³-hybridized carbons (Fsp3) is 0.238. The third-order valence-corrected chi connectivity index (χ3v) is 4.55. The van der Waals surface area contributed by atoms with Crippen LogP contribution in [-0.2, 0) is 16.0 Å². The quantitative estimate of drug-likeness (QED) is 0.627. The van der Waals surface area contributed by atoms with Crippen molar-refractivity contribution in [2.75, 3.05) is 7.11 Å². The molecule has 2 unspecified atom stereocenters. The number of para-hydroxylation sites is 1. The summed E-state index contributed by atoms with van der Waals surface area (Å²) in [5.41, 5.74) is 2.94. The number of fused-ring (bicyclic) bond motifs is 1. The highest BCUT2D eigenvalue weighted by Crippen LogP contribution is 2.20. The van der Waals surface area contributed by atoms with Gasteiger partial charge in [0, 0.05) is 23.5 Å². The molecule has 140 valence electrons. The van der Waals surface area contributed by atoms with Gasteiger partial charge < -0.3 is 20.4 Å². The number of carbonyl (C=O) groups excluding carboxylic acids is 2. The van der Waals surface area contributed by atoms with Gasteiger partial charge in [0.1, 0.15) is 6.04 Å². The summed E-state index contributed by atoms with van der Waals surface area (Å²) in [6, 6.07) is 16.6. The zero-order valence-corrected chi connectivity index (χ0v) is 15.4. The maximum atomic E-state index is 12.8. The van der Waals surface area contributed by atoms with Gasteiger partial charge in [-0.05, 0) is 24.1 Å². The molecule has 0 saturated carbocycles. The van der Waals surface area contributed by atoms with Crippen LogP contribution in [-0.4, -0.2) is 30.1 Å². The summed E-state index contributed by atoms with van der Waals surface area (Å²) < 4.78 is 4.69. The third kappa shape index (κ3) is 4.47. The number of hydrogen-bond donors (Lipinski definition) is 3. The maximum absolute atomic E-state index is 12.8. The lowest BCUT2D eigenvalue weighted by molar-refractivity contribution is -0.123. The molecule has 0 radical (unpaired) electrons. The Morgan fingerprint density at radius 1 is 1.04 bits per heavy atom. The number of carbonyl (C=O) groups is 2. The van der Waals surface area contributed by atoms with E-state index in [0.29, 0.717) is 6.42 Å². The number of nitrogens with one attached hydrogen (secondary N) is 3. The van der Waals surface area contributed by atoms with E-state index in [2.05, 4.69) is 20.4 Å². The molecule has 1 aromatic heterocycles. The van der Waals surface area contributed by atoms with E-state index < -0.39 is 12.1 Å². The Kier molecular flexibility index (Phi) is 5.76. The van der Waals surface area contributed by atoms with Crippen molar-refractivity contribution in [3.63, 3.8) is 0 Å². The number of methoxy groups -OCH3 is 1. The third-order valence-electron chi connectivity index (χ3n) is 4.55. The number of hydrogen-bond acceptors (Lipinski definition) is 3. The molecule has 2 amide bonds. The van der Waals surface area contributed by atoms with E-state index in [9.17, 15) is 9.59 Å². The van der Waals surface area contributed by atoms with Gasteiger partial charge in [0.05, 0.1) is 13.2 Å². The average molecular weight is 365 g/mol. The zero-order chi connectivity index (χ0) is 19.2. The van der Waals surface area contributed by atoms with Crippen LogP contribution in [0, 0.1) is 0 Å². The van der Waals surface area contributed by atoms with E-state index in [1.165, 1.54) is 7.11 Å². The molecule has 2 aromatic carbocycles. The number of alkyl carbamates (subject to hydrolysis) is 1. The lowest BCUT2D eigenvalue weighted by atomic mass is 10.0. The predicted octanol–water partition coefficient (Wildman–Crippen LogP) is 3.31. The average Bonchev–Trinajstić information content (AvgIpc) is 3.11. The normalized spacial score (nSPS) is 13.0. The number of benzene rings is 2. The molecule has 0 saturated heterocycles. The molecule has 0 aliphatic heterocycles. The zero-order valence-electron chi connectivity index (χ0n) is 15.4. The Bertz CT molecular complexity index is 921. The second-order valence-electron chi connectivity index (χ2n) is 6.39. The van der Waals surface area contributed by atoms with E-state index in [-0.39, 0.29) is 11.9 Å². The van der Waals surface area contributed by atoms with Gasteiger partial charge >= 0.3 is 6.09 Å². The topological polar surface area (TPSA) is 83.2 Å². The summed E-state index contributed by atoms with van der Waals surface area (Å²) in [7, 11) is 1.28. The molecule has 3 aromatic rings. The van der Waals surface area contributed by atoms with Gasteiger partial charge in [-0.3, -0.25) is 4.79 Å². The molecular weight excluding hydrogens is 342 g/mol. The van der Waals surface area contributed by atoms with Gasteiger partial charge in [-0.2, -0.15) is 0 Å². The standard InChI is InChI=1S/C21H23N3O3/c1-14(15-8-4-3-5-9-15)23-20(25)19(24-21(26)27-2)12-16-13-22-18-11-7-6-10-17(16)18/h3-11,13-14,19,22H,12H2,1-2H3,(H,23,25)(H,24,26). The Hall–Kier alpha value is -3.28. The smallest absolute Gasteiger partial charge is 0.407 e.